The van der Waals surface area contributed by atoms with Crippen LogP contribution in [0.25, 0.3) is 9.88 Å². The Morgan fingerprint density at radius 2 is 2.05 bits per heavy atom. The van der Waals surface area contributed by atoms with Crippen molar-refractivity contribution in [2.24, 2.45) is 0 Å². The van der Waals surface area contributed by atoms with Crippen molar-refractivity contribution in [3.8, 4) is 9.88 Å². The maximum Gasteiger partial charge on any atom is 0.251 e. The van der Waals surface area contributed by atoms with Crippen LogP contribution in [0, 0.1) is 6.92 Å². The van der Waals surface area contributed by atoms with Gasteiger partial charge in [0.15, 0.2) is 0 Å². The Morgan fingerprint density at radius 1 is 1.18 bits per heavy atom. The lowest BCUT2D eigenvalue weighted by Crippen LogP contribution is -2.26. The molecule has 0 aliphatic carbocycles. The monoisotopic (exact) mass is 328 g/mol. The molecule has 0 aliphatic rings. The van der Waals surface area contributed by atoms with Crippen molar-refractivity contribution >= 4 is 28.6 Å². The number of benzene rings is 1. The van der Waals surface area contributed by atoms with Gasteiger partial charge in [0, 0.05) is 23.9 Å². The van der Waals surface area contributed by atoms with Gasteiger partial charge in [-0.15, -0.1) is 22.7 Å². The summed E-state index contributed by atoms with van der Waals surface area (Å²) in [6.07, 6.45) is 0.750. The van der Waals surface area contributed by atoms with Crippen molar-refractivity contribution in [1.82, 2.24) is 10.3 Å². The molecular weight excluding hydrogens is 312 g/mol. The zero-order valence-electron chi connectivity index (χ0n) is 12.2. The first-order valence-electron chi connectivity index (χ1n) is 7.06. The van der Waals surface area contributed by atoms with Crippen LogP contribution < -0.4 is 5.32 Å². The van der Waals surface area contributed by atoms with E-state index < -0.39 is 0 Å². The number of carbonyl (C=O) groups is 1. The molecule has 1 aromatic carbocycles. The Labute approximate surface area is 137 Å². The molecule has 3 nitrogen and oxygen atoms in total. The van der Waals surface area contributed by atoms with Crippen LogP contribution in [-0.2, 0) is 6.42 Å². The van der Waals surface area contributed by atoms with Gasteiger partial charge < -0.3 is 5.32 Å². The molecule has 0 spiro atoms. The topological polar surface area (TPSA) is 42.0 Å². The van der Waals surface area contributed by atoms with E-state index in [0.29, 0.717) is 6.54 Å². The predicted octanol–water partition coefficient (Wildman–Crippen LogP) is 4.15. The molecular formula is C17H16N2OS2. The quantitative estimate of drug-likeness (QED) is 0.764. The van der Waals surface area contributed by atoms with Crippen LogP contribution in [-0.4, -0.2) is 17.4 Å². The third kappa shape index (κ3) is 3.43. The van der Waals surface area contributed by atoms with Gasteiger partial charge in [0.1, 0.15) is 5.01 Å². The lowest BCUT2D eigenvalue weighted by molar-refractivity contribution is 0.0953. The van der Waals surface area contributed by atoms with Crippen LogP contribution >= 0.6 is 22.7 Å². The Hall–Kier alpha value is -1.98. The second kappa shape index (κ2) is 6.85. The van der Waals surface area contributed by atoms with Crippen LogP contribution in [0.4, 0.5) is 0 Å². The van der Waals surface area contributed by atoms with E-state index in [4.69, 9.17) is 0 Å². The average molecular weight is 328 g/mol. The smallest absolute Gasteiger partial charge is 0.251 e. The highest BCUT2D eigenvalue weighted by Gasteiger charge is 2.09. The number of thiazole rings is 1. The van der Waals surface area contributed by atoms with Crippen molar-refractivity contribution in [3.05, 3.63) is 64.0 Å². The molecule has 22 heavy (non-hydrogen) atoms. The Balaban J connectivity index is 1.55. The summed E-state index contributed by atoms with van der Waals surface area (Å²) in [6, 6.07) is 11.7. The zero-order valence-corrected chi connectivity index (χ0v) is 13.8. The summed E-state index contributed by atoms with van der Waals surface area (Å²) in [5.41, 5.74) is 2.76. The Morgan fingerprint density at radius 3 is 2.82 bits per heavy atom. The molecule has 0 saturated heterocycles. The fraction of sp³-hybridized carbons (Fsp3) is 0.176. The Kier molecular flexibility index (Phi) is 4.65. The van der Waals surface area contributed by atoms with Gasteiger partial charge >= 0.3 is 0 Å². The number of nitrogens with zero attached hydrogens (tertiary/aromatic N) is 1. The molecule has 0 atom stereocenters. The highest BCUT2D eigenvalue weighted by atomic mass is 32.1. The SMILES string of the molecule is Cc1ccccc1C(=O)NCCc1csc(-c2cccs2)n1. The van der Waals surface area contributed by atoms with Crippen LogP contribution in [0.3, 0.4) is 0 Å². The lowest BCUT2D eigenvalue weighted by atomic mass is 10.1. The van der Waals surface area contributed by atoms with E-state index in [2.05, 4.69) is 27.1 Å². The van der Waals surface area contributed by atoms with E-state index in [1.807, 2.05) is 37.3 Å². The molecule has 3 rings (SSSR count). The summed E-state index contributed by atoms with van der Waals surface area (Å²) in [4.78, 5) is 17.9. The minimum absolute atomic E-state index is 0.0215. The number of aromatic nitrogens is 1. The van der Waals surface area contributed by atoms with Gasteiger partial charge in [0.05, 0.1) is 10.6 Å². The van der Waals surface area contributed by atoms with Gasteiger partial charge in [0.25, 0.3) is 5.91 Å². The molecule has 0 bridgehead atoms. The number of carbonyl (C=O) groups excluding carboxylic acids is 1. The number of rotatable bonds is 5. The first-order chi connectivity index (χ1) is 10.7. The largest absolute Gasteiger partial charge is 0.352 e. The van der Waals surface area contributed by atoms with Gasteiger partial charge in [-0.3, -0.25) is 4.79 Å². The zero-order chi connectivity index (χ0) is 15.4. The van der Waals surface area contributed by atoms with Gasteiger partial charge in [0.2, 0.25) is 0 Å². The van der Waals surface area contributed by atoms with Crippen molar-refractivity contribution in [3.63, 3.8) is 0 Å². The van der Waals surface area contributed by atoms with E-state index in [1.54, 1.807) is 22.7 Å². The maximum absolute atomic E-state index is 12.1. The number of nitrogens with one attached hydrogen (secondary N) is 1. The van der Waals surface area contributed by atoms with Crippen molar-refractivity contribution in [1.29, 1.82) is 0 Å². The molecule has 0 radical (unpaired) electrons. The normalized spacial score (nSPS) is 10.6. The van der Waals surface area contributed by atoms with E-state index in [0.717, 1.165) is 28.2 Å². The van der Waals surface area contributed by atoms with Crippen LogP contribution in [0.15, 0.2) is 47.2 Å². The van der Waals surface area contributed by atoms with Gasteiger partial charge in [-0.05, 0) is 30.0 Å². The highest BCUT2D eigenvalue weighted by molar-refractivity contribution is 7.20. The maximum atomic E-state index is 12.1. The molecule has 0 unspecified atom stereocenters. The summed E-state index contributed by atoms with van der Waals surface area (Å²) >= 11 is 3.35. The number of amides is 1. The summed E-state index contributed by atoms with van der Waals surface area (Å²) in [6.45, 7) is 2.55. The third-order valence-electron chi connectivity index (χ3n) is 3.34. The standard InChI is InChI=1S/C17H16N2OS2/c1-12-5-2-3-6-14(12)16(20)18-9-8-13-11-22-17(19-13)15-7-4-10-21-15/h2-7,10-11H,8-9H2,1H3,(H,18,20). The molecule has 0 aliphatic heterocycles. The fourth-order valence-electron chi connectivity index (χ4n) is 2.16. The van der Waals surface area contributed by atoms with Gasteiger partial charge in [-0.2, -0.15) is 0 Å². The lowest BCUT2D eigenvalue weighted by Gasteiger charge is -2.06. The molecule has 0 saturated carbocycles. The molecule has 0 fully saturated rings. The van der Waals surface area contributed by atoms with Crippen molar-refractivity contribution < 1.29 is 4.79 Å². The summed E-state index contributed by atoms with van der Waals surface area (Å²) in [5.74, 6) is -0.0215. The molecule has 112 valence electrons. The number of hydrogen-bond acceptors (Lipinski definition) is 4. The first-order valence-corrected chi connectivity index (χ1v) is 8.82. The summed E-state index contributed by atoms with van der Waals surface area (Å²) < 4.78 is 0. The van der Waals surface area contributed by atoms with E-state index >= 15 is 0 Å². The van der Waals surface area contributed by atoms with Gasteiger partial charge in [-0.25, -0.2) is 4.98 Å². The van der Waals surface area contributed by atoms with Gasteiger partial charge in [-0.1, -0.05) is 24.3 Å². The fourth-order valence-corrected chi connectivity index (χ4v) is 3.83. The average Bonchev–Trinajstić information content (AvgIpc) is 3.18. The third-order valence-corrected chi connectivity index (χ3v) is 5.27. The molecule has 1 amide bonds. The molecule has 2 heterocycles. The second-order valence-electron chi connectivity index (χ2n) is 4.94. The second-order valence-corrected chi connectivity index (χ2v) is 6.75. The van der Waals surface area contributed by atoms with Crippen molar-refractivity contribution in [2.75, 3.05) is 6.54 Å². The Bertz CT molecular complexity index is 763. The van der Waals surface area contributed by atoms with Crippen LogP contribution in [0.1, 0.15) is 21.6 Å². The summed E-state index contributed by atoms with van der Waals surface area (Å²) in [7, 11) is 0. The van der Waals surface area contributed by atoms with E-state index in [-0.39, 0.29) is 5.91 Å². The molecule has 3 aromatic rings. The van der Waals surface area contributed by atoms with Crippen LogP contribution in [0.2, 0.25) is 0 Å². The minimum Gasteiger partial charge on any atom is -0.352 e. The highest BCUT2D eigenvalue weighted by Crippen LogP contribution is 2.27. The van der Waals surface area contributed by atoms with Crippen molar-refractivity contribution in [2.45, 2.75) is 13.3 Å². The van der Waals surface area contributed by atoms with Crippen LogP contribution in [0.5, 0.6) is 0 Å². The first kappa shape index (κ1) is 14.9. The van der Waals surface area contributed by atoms with E-state index in [1.165, 1.54) is 4.88 Å². The number of aryl methyl sites for hydroxylation is 1. The van der Waals surface area contributed by atoms with E-state index in [9.17, 15) is 4.79 Å². The minimum atomic E-state index is -0.0215. The molecule has 5 heteroatoms. The molecule has 2 aromatic heterocycles. The predicted molar refractivity (Wildman–Crippen MR) is 92.6 cm³/mol. The number of hydrogen-bond donors (Lipinski definition) is 1. The molecule has 1 N–H and O–H groups in total. The number of thiophene rings is 1. The summed E-state index contributed by atoms with van der Waals surface area (Å²) in [5, 5.41) is 8.13.